The number of rotatable bonds is 3. The van der Waals surface area contributed by atoms with Gasteiger partial charge in [0.15, 0.2) is 0 Å². The Morgan fingerprint density at radius 1 is 1.47 bits per heavy atom. The second-order valence-corrected chi connectivity index (χ2v) is 4.40. The SMILES string of the molecule is NCC#Cc1ccccc1C(=O)NCC1CCCO1. The summed E-state index contributed by atoms with van der Waals surface area (Å²) in [6, 6.07) is 7.28. The van der Waals surface area contributed by atoms with E-state index in [9.17, 15) is 4.79 Å². The van der Waals surface area contributed by atoms with Crippen LogP contribution >= 0.6 is 0 Å². The highest BCUT2D eigenvalue weighted by Gasteiger charge is 2.17. The van der Waals surface area contributed by atoms with Crippen molar-refractivity contribution in [3.05, 3.63) is 35.4 Å². The second kappa shape index (κ2) is 6.93. The highest BCUT2D eigenvalue weighted by molar-refractivity contribution is 5.96. The van der Waals surface area contributed by atoms with E-state index in [2.05, 4.69) is 17.2 Å². The summed E-state index contributed by atoms with van der Waals surface area (Å²) in [4.78, 5) is 12.1. The van der Waals surface area contributed by atoms with E-state index in [0.29, 0.717) is 17.7 Å². The van der Waals surface area contributed by atoms with Gasteiger partial charge in [-0.1, -0.05) is 24.0 Å². The molecule has 1 aliphatic rings. The molecule has 4 heteroatoms. The number of ether oxygens (including phenoxy) is 1. The molecule has 19 heavy (non-hydrogen) atoms. The highest BCUT2D eigenvalue weighted by atomic mass is 16.5. The molecule has 1 heterocycles. The van der Waals surface area contributed by atoms with Gasteiger partial charge in [-0.3, -0.25) is 4.79 Å². The van der Waals surface area contributed by atoms with E-state index in [4.69, 9.17) is 10.5 Å². The van der Waals surface area contributed by atoms with Gasteiger partial charge in [-0.05, 0) is 25.0 Å². The number of benzene rings is 1. The molecule has 0 aliphatic carbocycles. The van der Waals surface area contributed by atoms with Crippen LogP contribution < -0.4 is 11.1 Å². The van der Waals surface area contributed by atoms with Gasteiger partial charge < -0.3 is 15.8 Å². The molecule has 100 valence electrons. The van der Waals surface area contributed by atoms with Crippen LogP contribution in [0.5, 0.6) is 0 Å². The van der Waals surface area contributed by atoms with Crippen molar-refractivity contribution in [2.24, 2.45) is 5.73 Å². The fourth-order valence-electron chi connectivity index (χ4n) is 2.04. The van der Waals surface area contributed by atoms with Crippen molar-refractivity contribution in [3.63, 3.8) is 0 Å². The standard InChI is InChI=1S/C15H18N2O2/c16-9-3-6-12-5-1-2-8-14(12)15(18)17-11-13-7-4-10-19-13/h1-2,5,8,13H,4,7,9-11,16H2,(H,17,18). The Bertz CT molecular complexity index is 496. The van der Waals surface area contributed by atoms with E-state index in [1.165, 1.54) is 0 Å². The van der Waals surface area contributed by atoms with E-state index in [0.717, 1.165) is 19.4 Å². The second-order valence-electron chi connectivity index (χ2n) is 4.40. The first-order chi connectivity index (χ1) is 9.31. The van der Waals surface area contributed by atoms with Crippen LogP contribution in [0.1, 0.15) is 28.8 Å². The molecule has 0 spiro atoms. The number of nitrogens with two attached hydrogens (primary N) is 1. The Morgan fingerprint density at radius 2 is 2.32 bits per heavy atom. The average molecular weight is 258 g/mol. The molecule has 1 fully saturated rings. The molecule has 4 nitrogen and oxygen atoms in total. The van der Waals surface area contributed by atoms with Gasteiger partial charge in [0, 0.05) is 18.7 Å². The first-order valence-electron chi connectivity index (χ1n) is 6.49. The number of hydrogen-bond donors (Lipinski definition) is 2. The lowest BCUT2D eigenvalue weighted by molar-refractivity contribution is 0.0857. The summed E-state index contributed by atoms with van der Waals surface area (Å²) in [6.45, 7) is 1.63. The van der Waals surface area contributed by atoms with Crippen molar-refractivity contribution in [2.45, 2.75) is 18.9 Å². The molecule has 0 saturated carbocycles. The highest BCUT2D eigenvalue weighted by Crippen LogP contribution is 2.11. The Balaban J connectivity index is 2.01. The number of carbonyl (C=O) groups excluding carboxylic acids is 1. The molecule has 0 radical (unpaired) electrons. The predicted molar refractivity (Wildman–Crippen MR) is 73.7 cm³/mol. The van der Waals surface area contributed by atoms with Crippen LogP contribution in [0.2, 0.25) is 0 Å². The van der Waals surface area contributed by atoms with Gasteiger partial charge in [-0.25, -0.2) is 0 Å². The fraction of sp³-hybridized carbons (Fsp3) is 0.400. The monoisotopic (exact) mass is 258 g/mol. The van der Waals surface area contributed by atoms with Crippen LogP contribution in [0.25, 0.3) is 0 Å². The lowest BCUT2D eigenvalue weighted by atomic mass is 10.1. The molecule has 3 N–H and O–H groups in total. The smallest absolute Gasteiger partial charge is 0.252 e. The number of hydrogen-bond acceptors (Lipinski definition) is 3. The molecular weight excluding hydrogens is 240 g/mol. The van der Waals surface area contributed by atoms with Crippen molar-refractivity contribution in [2.75, 3.05) is 19.7 Å². The first-order valence-corrected chi connectivity index (χ1v) is 6.49. The van der Waals surface area contributed by atoms with E-state index in [1.54, 1.807) is 6.07 Å². The van der Waals surface area contributed by atoms with Gasteiger partial charge in [0.1, 0.15) is 0 Å². The molecular formula is C15H18N2O2. The fourth-order valence-corrected chi connectivity index (χ4v) is 2.04. The summed E-state index contributed by atoms with van der Waals surface area (Å²) in [5.74, 6) is 5.57. The Kier molecular flexibility index (Phi) is 4.96. The summed E-state index contributed by atoms with van der Waals surface area (Å²) >= 11 is 0. The van der Waals surface area contributed by atoms with Gasteiger partial charge in [0.05, 0.1) is 18.2 Å². The van der Waals surface area contributed by atoms with Crippen molar-refractivity contribution in [1.82, 2.24) is 5.32 Å². The molecule has 0 bridgehead atoms. The van der Waals surface area contributed by atoms with Crippen molar-refractivity contribution < 1.29 is 9.53 Å². The largest absolute Gasteiger partial charge is 0.376 e. The van der Waals surface area contributed by atoms with Crippen LogP contribution in [0, 0.1) is 11.8 Å². The molecule has 2 rings (SSSR count). The minimum Gasteiger partial charge on any atom is -0.376 e. The summed E-state index contributed by atoms with van der Waals surface area (Å²) in [7, 11) is 0. The van der Waals surface area contributed by atoms with Gasteiger partial charge in [0.25, 0.3) is 5.91 Å². The summed E-state index contributed by atoms with van der Waals surface area (Å²) in [5, 5.41) is 2.89. The third-order valence-electron chi connectivity index (χ3n) is 3.01. The zero-order valence-electron chi connectivity index (χ0n) is 10.8. The molecule has 0 aromatic heterocycles. The summed E-state index contributed by atoms with van der Waals surface area (Å²) in [6.07, 6.45) is 2.22. The van der Waals surface area contributed by atoms with E-state index >= 15 is 0 Å². The minimum atomic E-state index is -0.113. The van der Waals surface area contributed by atoms with Crippen LogP contribution in [-0.4, -0.2) is 31.7 Å². The van der Waals surface area contributed by atoms with Gasteiger partial charge in [-0.2, -0.15) is 0 Å². The third-order valence-corrected chi connectivity index (χ3v) is 3.01. The average Bonchev–Trinajstić information content (AvgIpc) is 2.96. The van der Waals surface area contributed by atoms with E-state index in [1.807, 2.05) is 18.2 Å². The summed E-state index contributed by atoms with van der Waals surface area (Å²) in [5.41, 5.74) is 6.64. The van der Waals surface area contributed by atoms with Crippen LogP contribution in [0.15, 0.2) is 24.3 Å². The van der Waals surface area contributed by atoms with Crippen molar-refractivity contribution in [3.8, 4) is 11.8 Å². The van der Waals surface area contributed by atoms with Gasteiger partial charge in [-0.15, -0.1) is 0 Å². The maximum absolute atomic E-state index is 12.1. The molecule has 1 aromatic carbocycles. The first kappa shape index (κ1) is 13.6. The van der Waals surface area contributed by atoms with Gasteiger partial charge >= 0.3 is 0 Å². The Morgan fingerprint density at radius 3 is 3.05 bits per heavy atom. The lowest BCUT2D eigenvalue weighted by Gasteiger charge is -2.11. The van der Waals surface area contributed by atoms with Crippen molar-refractivity contribution in [1.29, 1.82) is 0 Å². The Labute approximate surface area is 113 Å². The summed E-state index contributed by atoms with van der Waals surface area (Å²) < 4.78 is 5.48. The quantitative estimate of drug-likeness (QED) is 0.792. The predicted octanol–water partition coefficient (Wildman–Crippen LogP) is 0.906. The van der Waals surface area contributed by atoms with Crippen LogP contribution in [0.4, 0.5) is 0 Å². The van der Waals surface area contributed by atoms with Crippen molar-refractivity contribution >= 4 is 5.91 Å². The molecule has 1 atom stereocenters. The maximum Gasteiger partial charge on any atom is 0.252 e. The van der Waals surface area contributed by atoms with Crippen LogP contribution in [-0.2, 0) is 4.74 Å². The van der Waals surface area contributed by atoms with E-state index < -0.39 is 0 Å². The van der Waals surface area contributed by atoms with Crippen LogP contribution in [0.3, 0.4) is 0 Å². The molecule has 1 saturated heterocycles. The molecule has 1 amide bonds. The third kappa shape index (κ3) is 3.82. The lowest BCUT2D eigenvalue weighted by Crippen LogP contribution is -2.32. The minimum absolute atomic E-state index is 0.113. The number of carbonyl (C=O) groups is 1. The zero-order valence-corrected chi connectivity index (χ0v) is 10.8. The number of nitrogens with one attached hydrogen (secondary N) is 1. The van der Waals surface area contributed by atoms with Gasteiger partial charge in [0.2, 0.25) is 0 Å². The number of amides is 1. The normalized spacial score (nSPS) is 17.6. The zero-order chi connectivity index (χ0) is 13.5. The maximum atomic E-state index is 12.1. The van der Waals surface area contributed by atoms with E-state index in [-0.39, 0.29) is 18.6 Å². The molecule has 1 aromatic rings. The molecule has 1 aliphatic heterocycles. The topological polar surface area (TPSA) is 64.4 Å². The molecule has 1 unspecified atom stereocenters. The Hall–Kier alpha value is -1.83.